The number of carbonyl (C=O) groups is 1. The van der Waals surface area contributed by atoms with Crippen molar-refractivity contribution in [2.75, 3.05) is 6.61 Å². The first-order chi connectivity index (χ1) is 3.31. The SMILES string of the molecule is CCOC(=O)C=[SiH2]. The summed E-state index contributed by atoms with van der Waals surface area (Å²) in [5, 5.41) is 0. The quantitative estimate of drug-likeness (QED) is 0.341. The van der Waals surface area contributed by atoms with Crippen LogP contribution in [-0.4, -0.2) is 28.1 Å². The van der Waals surface area contributed by atoms with Crippen molar-refractivity contribution in [2.24, 2.45) is 0 Å². The van der Waals surface area contributed by atoms with E-state index in [4.69, 9.17) is 0 Å². The van der Waals surface area contributed by atoms with Gasteiger partial charge in [0, 0.05) is 0 Å². The van der Waals surface area contributed by atoms with Crippen LogP contribution in [0.5, 0.6) is 0 Å². The summed E-state index contributed by atoms with van der Waals surface area (Å²) in [4.78, 5) is 10.1. The fraction of sp³-hybridized carbons (Fsp3) is 0.500. The number of rotatable bonds is 2. The molecule has 0 saturated heterocycles. The van der Waals surface area contributed by atoms with Gasteiger partial charge in [-0.15, -0.1) is 0 Å². The highest BCUT2D eigenvalue weighted by Gasteiger charge is 1.86. The molecule has 0 aliphatic carbocycles. The molecule has 0 fully saturated rings. The number of hydrogen-bond acceptors (Lipinski definition) is 2. The van der Waals surface area contributed by atoms with Gasteiger partial charge >= 0.3 is 5.97 Å². The Morgan fingerprint density at radius 2 is 2.57 bits per heavy atom. The standard InChI is InChI=1S/C4H8O2Si/c1-2-6-4(5)3-7/h3H,2,7H2,1H3. The molecule has 0 rings (SSSR count). The summed E-state index contributed by atoms with van der Waals surface area (Å²) in [7, 11) is 1.48. The zero-order valence-electron chi connectivity index (χ0n) is 4.31. The van der Waals surface area contributed by atoms with Crippen molar-refractivity contribution in [1.29, 1.82) is 0 Å². The number of esters is 1. The summed E-state index contributed by atoms with van der Waals surface area (Å²) in [5.74, 6) is -0.235. The average Bonchev–Trinajstić information content (AvgIpc) is 1.68. The Labute approximate surface area is 45.5 Å². The lowest BCUT2D eigenvalue weighted by atomic mass is 10.8. The molecule has 0 aromatic carbocycles. The van der Waals surface area contributed by atoms with Crippen molar-refractivity contribution in [3.8, 4) is 0 Å². The van der Waals surface area contributed by atoms with Crippen LogP contribution in [-0.2, 0) is 9.53 Å². The molecule has 0 amide bonds. The summed E-state index contributed by atoms with van der Waals surface area (Å²) in [6.45, 7) is 2.25. The lowest BCUT2D eigenvalue weighted by Gasteiger charge is -1.90. The number of carbonyl (C=O) groups excluding carboxylic acids is 1. The topological polar surface area (TPSA) is 26.3 Å². The smallest absolute Gasteiger partial charge is 0.325 e. The van der Waals surface area contributed by atoms with Gasteiger partial charge in [-0.3, -0.25) is 0 Å². The van der Waals surface area contributed by atoms with Gasteiger partial charge in [-0.05, 0) is 22.5 Å². The second-order valence-corrected chi connectivity index (χ2v) is 1.36. The van der Waals surface area contributed by atoms with Crippen molar-refractivity contribution < 1.29 is 9.53 Å². The fourth-order valence-electron chi connectivity index (χ4n) is 0.201. The van der Waals surface area contributed by atoms with Gasteiger partial charge in [-0.2, -0.15) is 0 Å². The summed E-state index contributed by atoms with van der Waals surface area (Å²) in [5.41, 5.74) is 1.42. The monoisotopic (exact) mass is 116 g/mol. The van der Waals surface area contributed by atoms with Gasteiger partial charge in [0.25, 0.3) is 0 Å². The van der Waals surface area contributed by atoms with E-state index in [2.05, 4.69) is 4.74 Å². The van der Waals surface area contributed by atoms with E-state index in [9.17, 15) is 4.79 Å². The van der Waals surface area contributed by atoms with Crippen LogP contribution in [0.1, 0.15) is 6.92 Å². The van der Waals surface area contributed by atoms with E-state index in [0.29, 0.717) is 6.61 Å². The van der Waals surface area contributed by atoms with Gasteiger partial charge in [0.05, 0.1) is 6.61 Å². The molecule has 0 aromatic rings. The van der Waals surface area contributed by atoms with E-state index in [0.717, 1.165) is 0 Å². The predicted molar refractivity (Wildman–Crippen MR) is 31.2 cm³/mol. The predicted octanol–water partition coefficient (Wildman–Crippen LogP) is -1.02. The Balaban J connectivity index is 3.17. The first-order valence-corrected chi connectivity index (χ1v) is 2.92. The Hall–Kier alpha value is -0.443. The lowest BCUT2D eigenvalue weighted by molar-refractivity contribution is -0.134. The normalized spacial score (nSPS) is 7.57. The molecule has 0 unspecified atom stereocenters. The molecule has 3 heteroatoms. The fourth-order valence-corrected chi connectivity index (χ4v) is 0.319. The molecule has 2 nitrogen and oxygen atoms in total. The van der Waals surface area contributed by atoms with Gasteiger partial charge in [0.2, 0.25) is 0 Å². The molecule has 0 spiro atoms. The largest absolute Gasteiger partial charge is 0.463 e. The maximum Gasteiger partial charge on any atom is 0.325 e. The Kier molecular flexibility index (Phi) is 3.50. The van der Waals surface area contributed by atoms with E-state index in [1.165, 1.54) is 15.5 Å². The molecule has 0 radical (unpaired) electrons. The van der Waals surface area contributed by atoms with Crippen molar-refractivity contribution in [3.05, 3.63) is 0 Å². The third-order valence-corrected chi connectivity index (χ3v) is 0.787. The minimum absolute atomic E-state index is 0.235. The van der Waals surface area contributed by atoms with Crippen molar-refractivity contribution in [1.82, 2.24) is 0 Å². The van der Waals surface area contributed by atoms with E-state index in [-0.39, 0.29) is 5.97 Å². The zero-order valence-corrected chi connectivity index (χ0v) is 5.72. The third-order valence-electron chi connectivity index (χ3n) is 0.453. The number of hydrogen-bond donors (Lipinski definition) is 0. The van der Waals surface area contributed by atoms with Crippen LogP contribution < -0.4 is 0 Å². The molecule has 40 valence electrons. The molecule has 0 aliphatic heterocycles. The maximum absolute atomic E-state index is 10.1. The summed E-state index contributed by atoms with van der Waals surface area (Å²) in [6.07, 6.45) is 0. The van der Waals surface area contributed by atoms with E-state index in [1.807, 2.05) is 0 Å². The van der Waals surface area contributed by atoms with Crippen LogP contribution in [0.25, 0.3) is 0 Å². The van der Waals surface area contributed by atoms with Crippen LogP contribution in [0.15, 0.2) is 0 Å². The molecular formula is C4H8O2Si. The first-order valence-electron chi connectivity index (χ1n) is 2.10. The molecule has 0 N–H and O–H groups in total. The van der Waals surface area contributed by atoms with Crippen molar-refractivity contribution in [2.45, 2.75) is 6.92 Å². The summed E-state index contributed by atoms with van der Waals surface area (Å²) >= 11 is 0. The molecule has 0 aromatic heterocycles. The third kappa shape index (κ3) is 3.39. The van der Waals surface area contributed by atoms with Gasteiger partial charge in [-0.1, -0.05) is 0 Å². The highest BCUT2D eigenvalue weighted by molar-refractivity contribution is 6.50. The Bertz CT molecular complexity index is 79.8. The minimum Gasteiger partial charge on any atom is -0.463 e. The zero-order chi connectivity index (χ0) is 5.70. The molecular weight excluding hydrogens is 108 g/mol. The second-order valence-electron chi connectivity index (χ2n) is 0.956. The molecule has 0 aliphatic rings. The van der Waals surface area contributed by atoms with Crippen LogP contribution >= 0.6 is 0 Å². The van der Waals surface area contributed by atoms with Crippen LogP contribution in [0.3, 0.4) is 0 Å². The van der Waals surface area contributed by atoms with Gasteiger partial charge in [0.15, 0.2) is 0 Å². The average molecular weight is 116 g/mol. The van der Waals surface area contributed by atoms with E-state index < -0.39 is 0 Å². The highest BCUT2D eigenvalue weighted by atomic mass is 28.1. The highest BCUT2D eigenvalue weighted by Crippen LogP contribution is 1.67. The van der Waals surface area contributed by atoms with E-state index in [1.54, 1.807) is 6.92 Å². The Morgan fingerprint density at radius 3 is 2.71 bits per heavy atom. The first kappa shape index (κ1) is 6.56. The molecule has 0 bridgehead atoms. The van der Waals surface area contributed by atoms with Crippen LogP contribution in [0.4, 0.5) is 0 Å². The molecule has 7 heavy (non-hydrogen) atoms. The molecule has 0 heterocycles. The van der Waals surface area contributed by atoms with Gasteiger partial charge in [-0.25, -0.2) is 4.79 Å². The van der Waals surface area contributed by atoms with Crippen molar-refractivity contribution >= 4 is 21.5 Å². The maximum atomic E-state index is 10.1. The van der Waals surface area contributed by atoms with Gasteiger partial charge in [0.1, 0.15) is 0 Å². The van der Waals surface area contributed by atoms with Crippen LogP contribution in [0, 0.1) is 0 Å². The lowest BCUT2D eigenvalue weighted by Crippen LogP contribution is -2.04. The van der Waals surface area contributed by atoms with Crippen LogP contribution in [0.2, 0.25) is 0 Å². The van der Waals surface area contributed by atoms with Gasteiger partial charge < -0.3 is 4.74 Å². The molecule has 0 saturated carbocycles. The minimum atomic E-state index is -0.235. The summed E-state index contributed by atoms with van der Waals surface area (Å²) < 4.78 is 4.50. The summed E-state index contributed by atoms with van der Waals surface area (Å²) in [6, 6.07) is 0. The number of ether oxygens (including phenoxy) is 1. The molecule has 0 atom stereocenters. The van der Waals surface area contributed by atoms with Crippen molar-refractivity contribution in [3.63, 3.8) is 0 Å². The second kappa shape index (κ2) is 3.74. The van der Waals surface area contributed by atoms with E-state index >= 15 is 0 Å². The Morgan fingerprint density at radius 1 is 2.00 bits per heavy atom.